The molecule has 0 N–H and O–H groups in total. The molecule has 1 aliphatic carbocycles. The van der Waals surface area contributed by atoms with Crippen LogP contribution in [0.3, 0.4) is 0 Å². The summed E-state index contributed by atoms with van der Waals surface area (Å²) >= 11 is 0. The molecule has 0 spiro atoms. The Labute approximate surface area is 166 Å². The van der Waals surface area contributed by atoms with Crippen LogP contribution in [0, 0.1) is 5.92 Å². The van der Waals surface area contributed by atoms with Crippen LogP contribution in [-0.4, -0.2) is 18.5 Å². The number of aromatic nitrogens is 1. The number of aryl methyl sites for hydroxylation is 1. The van der Waals surface area contributed by atoms with Gasteiger partial charge in [-0.15, -0.1) is 0 Å². The van der Waals surface area contributed by atoms with E-state index >= 15 is 0 Å². The molecule has 1 saturated heterocycles. The van der Waals surface area contributed by atoms with Gasteiger partial charge in [-0.2, -0.15) is 0 Å². The molecule has 0 unspecified atom stereocenters. The van der Waals surface area contributed by atoms with Crippen molar-refractivity contribution < 1.29 is 28.5 Å². The number of fused-ring (bicyclic) bond motifs is 3. The average molecular weight is 442 g/mol. The molecule has 0 bridgehead atoms. The van der Waals surface area contributed by atoms with Gasteiger partial charge in [0, 0.05) is 30.5 Å². The summed E-state index contributed by atoms with van der Waals surface area (Å²) < 4.78 is 2.57. The van der Waals surface area contributed by atoms with Crippen LogP contribution in [0.15, 0.2) is 18.3 Å². The summed E-state index contributed by atoms with van der Waals surface area (Å²) in [6.45, 7) is 4.79. The molecule has 2 aliphatic rings. The number of likely N-dealkylation sites (tertiary alicyclic amines) is 1. The Morgan fingerprint density at radius 3 is 2.62 bits per heavy atom. The summed E-state index contributed by atoms with van der Waals surface area (Å²) in [5.74, 6) is 0.905. The largest absolute Gasteiger partial charge is 1.00 e. The molecule has 2 nitrogen and oxygen atoms in total. The van der Waals surface area contributed by atoms with Crippen molar-refractivity contribution in [2.75, 3.05) is 13.6 Å². The molecule has 1 aliphatic heterocycles. The van der Waals surface area contributed by atoms with Crippen molar-refractivity contribution in [2.45, 2.75) is 83.7 Å². The highest BCUT2D eigenvalue weighted by Gasteiger charge is 2.40. The molecule has 3 rings (SSSR count). The standard InChI is InChI=1S/C21H35N2.HI/c1-3-4-5-6-7-8-9-15-23-16-10-11-19-20(23)13-12-18-14-17-22(2)21(18)19;/h10-11,16,18,21H,3-9,12-15,17H2,1-2H3;1H/q+1;/p-1/t18-,21+;/m1./s1. The Morgan fingerprint density at radius 2 is 1.83 bits per heavy atom. The van der Waals surface area contributed by atoms with Crippen LogP contribution < -0.4 is 28.5 Å². The molecule has 24 heavy (non-hydrogen) atoms. The third kappa shape index (κ3) is 4.72. The van der Waals surface area contributed by atoms with E-state index in [1.54, 1.807) is 11.3 Å². The lowest BCUT2D eigenvalue weighted by Gasteiger charge is -2.30. The van der Waals surface area contributed by atoms with Crippen LogP contribution in [0.1, 0.15) is 82.0 Å². The second-order valence-electron chi connectivity index (χ2n) is 7.74. The van der Waals surface area contributed by atoms with E-state index in [-0.39, 0.29) is 24.0 Å². The van der Waals surface area contributed by atoms with Crippen molar-refractivity contribution in [1.29, 1.82) is 0 Å². The maximum absolute atomic E-state index is 2.58. The van der Waals surface area contributed by atoms with E-state index in [2.05, 4.69) is 41.8 Å². The smallest absolute Gasteiger partial charge is 0.186 e. The molecule has 1 aromatic rings. The van der Waals surface area contributed by atoms with Gasteiger partial charge in [0.1, 0.15) is 6.54 Å². The molecule has 1 aromatic heterocycles. The molecule has 0 amide bonds. The number of rotatable bonds is 8. The number of hydrogen-bond acceptors (Lipinski definition) is 1. The normalized spacial score (nSPS) is 22.8. The minimum atomic E-state index is 0. The molecule has 0 aromatic carbocycles. The first-order chi connectivity index (χ1) is 11.3. The summed E-state index contributed by atoms with van der Waals surface area (Å²) in [7, 11) is 2.31. The van der Waals surface area contributed by atoms with Gasteiger partial charge in [-0.1, -0.05) is 39.0 Å². The van der Waals surface area contributed by atoms with Crippen molar-refractivity contribution in [3.8, 4) is 0 Å². The van der Waals surface area contributed by atoms with E-state index in [4.69, 9.17) is 0 Å². The fourth-order valence-corrected chi connectivity index (χ4v) is 4.75. The van der Waals surface area contributed by atoms with Gasteiger partial charge in [0.15, 0.2) is 11.9 Å². The van der Waals surface area contributed by atoms with Crippen molar-refractivity contribution in [3.05, 3.63) is 29.6 Å². The summed E-state index contributed by atoms with van der Waals surface area (Å²) in [4.78, 5) is 2.58. The van der Waals surface area contributed by atoms with Crippen molar-refractivity contribution in [1.82, 2.24) is 4.90 Å². The highest BCUT2D eigenvalue weighted by Crippen LogP contribution is 2.42. The lowest BCUT2D eigenvalue weighted by molar-refractivity contribution is -0.705. The molecular formula is C21H35IN2. The third-order valence-corrected chi connectivity index (χ3v) is 6.07. The van der Waals surface area contributed by atoms with E-state index in [1.165, 1.54) is 77.3 Å². The molecule has 2 heterocycles. The number of unbranched alkanes of at least 4 members (excludes halogenated alkanes) is 6. The Hall–Kier alpha value is -0.160. The van der Waals surface area contributed by atoms with Crippen LogP contribution in [0.5, 0.6) is 0 Å². The van der Waals surface area contributed by atoms with E-state index in [0.717, 1.165) is 5.92 Å². The predicted molar refractivity (Wildman–Crippen MR) is 96.4 cm³/mol. The zero-order valence-electron chi connectivity index (χ0n) is 15.6. The molecule has 2 atom stereocenters. The fraction of sp³-hybridized carbons (Fsp3) is 0.762. The van der Waals surface area contributed by atoms with E-state index in [1.807, 2.05) is 0 Å². The highest BCUT2D eigenvalue weighted by atomic mass is 127. The first-order valence-corrected chi connectivity index (χ1v) is 10.0. The lowest BCUT2D eigenvalue weighted by atomic mass is 9.82. The second-order valence-corrected chi connectivity index (χ2v) is 7.74. The fourth-order valence-electron chi connectivity index (χ4n) is 4.75. The maximum atomic E-state index is 2.58. The molecular weight excluding hydrogens is 407 g/mol. The van der Waals surface area contributed by atoms with Gasteiger partial charge in [0.05, 0.1) is 0 Å². The topological polar surface area (TPSA) is 7.12 Å². The van der Waals surface area contributed by atoms with Gasteiger partial charge in [-0.25, -0.2) is 4.57 Å². The molecule has 3 heteroatoms. The minimum absolute atomic E-state index is 0. The summed E-state index contributed by atoms with van der Waals surface area (Å²) in [6, 6.07) is 5.38. The van der Waals surface area contributed by atoms with Gasteiger partial charge >= 0.3 is 0 Å². The summed E-state index contributed by atoms with van der Waals surface area (Å²) in [6.07, 6.45) is 16.2. The molecule has 1 fully saturated rings. The molecule has 0 saturated carbocycles. The summed E-state index contributed by atoms with van der Waals surface area (Å²) in [5.41, 5.74) is 3.26. The summed E-state index contributed by atoms with van der Waals surface area (Å²) in [5, 5.41) is 0. The van der Waals surface area contributed by atoms with Gasteiger partial charge in [-0.05, 0) is 44.8 Å². The Kier molecular flexibility index (Phi) is 8.48. The maximum Gasteiger partial charge on any atom is 0.186 e. The van der Waals surface area contributed by atoms with E-state index in [0.29, 0.717) is 6.04 Å². The van der Waals surface area contributed by atoms with Gasteiger partial charge in [0.2, 0.25) is 0 Å². The quantitative estimate of drug-likeness (QED) is 0.338. The Bertz CT molecular complexity index is 503. The van der Waals surface area contributed by atoms with Gasteiger partial charge in [0.25, 0.3) is 0 Å². The average Bonchev–Trinajstić information content (AvgIpc) is 2.96. The first-order valence-electron chi connectivity index (χ1n) is 10.0. The van der Waals surface area contributed by atoms with Crippen LogP contribution in [0.4, 0.5) is 0 Å². The van der Waals surface area contributed by atoms with Gasteiger partial charge < -0.3 is 24.0 Å². The van der Waals surface area contributed by atoms with Crippen molar-refractivity contribution in [2.24, 2.45) is 5.92 Å². The number of pyridine rings is 1. The third-order valence-electron chi connectivity index (χ3n) is 6.07. The number of nitrogens with zero attached hydrogens (tertiary/aromatic N) is 2. The van der Waals surface area contributed by atoms with Crippen molar-refractivity contribution in [3.63, 3.8) is 0 Å². The SMILES string of the molecule is CCCCCCCCC[n+]1cccc2c1CC[C@@H]1CCN(C)[C@H]21.[I-]. The van der Waals surface area contributed by atoms with E-state index in [9.17, 15) is 0 Å². The highest BCUT2D eigenvalue weighted by molar-refractivity contribution is 5.25. The number of halogens is 1. The van der Waals surface area contributed by atoms with Crippen molar-refractivity contribution >= 4 is 0 Å². The lowest BCUT2D eigenvalue weighted by Crippen LogP contribution is -3.00. The first kappa shape index (κ1) is 20.2. The van der Waals surface area contributed by atoms with Gasteiger partial charge in [-0.3, -0.25) is 4.90 Å². The predicted octanol–water partition coefficient (Wildman–Crippen LogP) is 1.67. The second kappa shape index (κ2) is 10.1. The van der Waals surface area contributed by atoms with Crippen LogP contribution in [-0.2, 0) is 13.0 Å². The number of hydrogen-bond donors (Lipinski definition) is 0. The Morgan fingerprint density at radius 1 is 1.08 bits per heavy atom. The van der Waals surface area contributed by atoms with Crippen LogP contribution >= 0.6 is 0 Å². The van der Waals surface area contributed by atoms with Crippen LogP contribution in [0.2, 0.25) is 0 Å². The Balaban J connectivity index is 0.00000208. The van der Waals surface area contributed by atoms with Crippen LogP contribution in [0.25, 0.3) is 0 Å². The zero-order valence-corrected chi connectivity index (χ0v) is 17.8. The zero-order chi connectivity index (χ0) is 16.1. The minimum Gasteiger partial charge on any atom is -1.00 e. The van der Waals surface area contributed by atoms with E-state index < -0.39 is 0 Å². The molecule has 0 radical (unpaired) electrons. The monoisotopic (exact) mass is 442 g/mol. The molecule has 136 valence electrons.